The Labute approximate surface area is 198 Å². The first-order chi connectivity index (χ1) is 16.5. The Bertz CT molecular complexity index is 1210. The highest BCUT2D eigenvalue weighted by Crippen LogP contribution is 2.29. The number of nitrogens with zero attached hydrogens (tertiary/aromatic N) is 6. The molecule has 2 aromatic carbocycles. The molecule has 2 aromatic heterocycles. The van der Waals surface area contributed by atoms with E-state index in [2.05, 4.69) is 58.7 Å². The molecule has 0 amide bonds. The van der Waals surface area contributed by atoms with Gasteiger partial charge in [0.15, 0.2) is 5.82 Å². The minimum atomic E-state index is -0.791. The number of carboxylic acids is 1. The predicted octanol–water partition coefficient (Wildman–Crippen LogP) is 4.17. The lowest BCUT2D eigenvalue weighted by Crippen LogP contribution is -2.08. The van der Waals surface area contributed by atoms with Crippen molar-refractivity contribution < 1.29 is 9.90 Å². The second-order valence-corrected chi connectivity index (χ2v) is 8.76. The second kappa shape index (κ2) is 10.8. The van der Waals surface area contributed by atoms with E-state index >= 15 is 0 Å². The van der Waals surface area contributed by atoms with Crippen molar-refractivity contribution in [3.8, 4) is 22.5 Å². The average molecular weight is 460 g/mol. The van der Waals surface area contributed by atoms with E-state index in [4.69, 9.17) is 15.2 Å². The van der Waals surface area contributed by atoms with Gasteiger partial charge >= 0.3 is 5.97 Å². The monoisotopic (exact) mass is 459 g/mol. The number of rotatable bonds is 11. The number of aromatic nitrogens is 7. The standard InChI is InChI=1S/C25H29N7O2/c1-17(2)10-15-23-26-22(8-5-9-24(33)34)29-32(23)16-18-11-13-19(14-12-18)20-6-3-4-7-21(20)25-27-30-31-28-25/h3-4,6-7,11-14,17H,5,8-10,15-16H2,1-2H3,(H,33,34)(H,27,28,30,31). The Morgan fingerprint density at radius 1 is 1.06 bits per heavy atom. The van der Waals surface area contributed by atoms with Crippen LogP contribution < -0.4 is 0 Å². The molecule has 0 saturated heterocycles. The number of aromatic amines is 1. The molecule has 9 heteroatoms. The van der Waals surface area contributed by atoms with Gasteiger partial charge < -0.3 is 5.11 Å². The van der Waals surface area contributed by atoms with Gasteiger partial charge in [0.1, 0.15) is 5.82 Å². The number of aryl methyl sites for hydroxylation is 2. The Morgan fingerprint density at radius 3 is 2.50 bits per heavy atom. The van der Waals surface area contributed by atoms with Crippen molar-refractivity contribution in [3.05, 3.63) is 65.7 Å². The fraction of sp³-hybridized carbons (Fsp3) is 0.360. The van der Waals surface area contributed by atoms with E-state index in [1.54, 1.807) is 0 Å². The van der Waals surface area contributed by atoms with Crippen molar-refractivity contribution in [2.24, 2.45) is 5.92 Å². The first kappa shape index (κ1) is 23.3. The van der Waals surface area contributed by atoms with Crippen molar-refractivity contribution >= 4 is 5.97 Å². The summed E-state index contributed by atoms with van der Waals surface area (Å²) in [5.74, 6) is 2.00. The third-order valence-electron chi connectivity index (χ3n) is 5.64. The zero-order valence-corrected chi connectivity index (χ0v) is 19.5. The average Bonchev–Trinajstić information content (AvgIpc) is 3.48. The summed E-state index contributed by atoms with van der Waals surface area (Å²) in [7, 11) is 0. The lowest BCUT2D eigenvalue weighted by Gasteiger charge is -2.10. The van der Waals surface area contributed by atoms with E-state index in [0.29, 0.717) is 37.0 Å². The quantitative estimate of drug-likeness (QED) is 0.345. The van der Waals surface area contributed by atoms with Crippen LogP contribution in [0.5, 0.6) is 0 Å². The molecule has 0 bridgehead atoms. The van der Waals surface area contributed by atoms with Crippen LogP contribution in [0.4, 0.5) is 0 Å². The number of carbonyl (C=O) groups is 1. The fourth-order valence-corrected chi connectivity index (χ4v) is 3.83. The van der Waals surface area contributed by atoms with Gasteiger partial charge in [-0.2, -0.15) is 10.3 Å². The van der Waals surface area contributed by atoms with Gasteiger partial charge in [-0.1, -0.05) is 62.4 Å². The minimum Gasteiger partial charge on any atom is -0.481 e. The molecule has 2 N–H and O–H groups in total. The Balaban J connectivity index is 1.53. The van der Waals surface area contributed by atoms with E-state index in [1.165, 1.54) is 0 Å². The molecule has 0 saturated carbocycles. The maximum atomic E-state index is 10.8. The molecule has 0 atom stereocenters. The van der Waals surface area contributed by atoms with Crippen LogP contribution in [0.25, 0.3) is 22.5 Å². The third kappa shape index (κ3) is 5.92. The Hall–Kier alpha value is -3.88. The van der Waals surface area contributed by atoms with E-state index in [-0.39, 0.29) is 6.42 Å². The number of hydrogen-bond acceptors (Lipinski definition) is 6. The van der Waals surface area contributed by atoms with Gasteiger partial charge in [0, 0.05) is 24.8 Å². The first-order valence-electron chi connectivity index (χ1n) is 11.6. The summed E-state index contributed by atoms with van der Waals surface area (Å²) < 4.78 is 1.96. The van der Waals surface area contributed by atoms with E-state index in [1.807, 2.05) is 28.9 Å². The minimum absolute atomic E-state index is 0.128. The number of aliphatic carboxylic acids is 1. The van der Waals surface area contributed by atoms with Gasteiger partial charge in [-0.25, -0.2) is 9.67 Å². The number of benzene rings is 2. The highest BCUT2D eigenvalue weighted by atomic mass is 16.4. The molecule has 0 radical (unpaired) electrons. The molecule has 2 heterocycles. The lowest BCUT2D eigenvalue weighted by molar-refractivity contribution is -0.137. The molecule has 0 spiro atoms. The molecule has 34 heavy (non-hydrogen) atoms. The highest BCUT2D eigenvalue weighted by molar-refractivity contribution is 5.80. The number of nitrogens with one attached hydrogen (secondary N) is 1. The maximum absolute atomic E-state index is 10.8. The third-order valence-corrected chi connectivity index (χ3v) is 5.64. The molecular weight excluding hydrogens is 430 g/mol. The number of H-pyrrole nitrogens is 1. The summed E-state index contributed by atoms with van der Waals surface area (Å²) in [6, 6.07) is 16.4. The van der Waals surface area contributed by atoms with Crippen LogP contribution in [0.15, 0.2) is 48.5 Å². The summed E-state index contributed by atoms with van der Waals surface area (Å²) in [6.07, 6.45) is 3.11. The van der Waals surface area contributed by atoms with Crippen molar-refractivity contribution in [1.29, 1.82) is 0 Å². The molecule has 0 aliphatic carbocycles. The summed E-state index contributed by atoms with van der Waals surface area (Å²) >= 11 is 0. The molecule has 9 nitrogen and oxygen atoms in total. The SMILES string of the molecule is CC(C)CCc1nc(CCCC(=O)O)nn1Cc1ccc(-c2ccccc2-c2nn[nH]n2)cc1. The Morgan fingerprint density at radius 2 is 1.82 bits per heavy atom. The molecular formula is C25H29N7O2. The molecule has 4 aromatic rings. The smallest absolute Gasteiger partial charge is 0.303 e. The van der Waals surface area contributed by atoms with Crippen LogP contribution in [0.2, 0.25) is 0 Å². The van der Waals surface area contributed by atoms with Gasteiger partial charge in [0.25, 0.3) is 0 Å². The number of carboxylic acid groups (broad SMARTS) is 1. The van der Waals surface area contributed by atoms with Crippen LogP contribution in [-0.4, -0.2) is 46.5 Å². The van der Waals surface area contributed by atoms with Gasteiger partial charge in [-0.3, -0.25) is 4.79 Å². The van der Waals surface area contributed by atoms with Gasteiger partial charge in [0.05, 0.1) is 6.54 Å². The largest absolute Gasteiger partial charge is 0.481 e. The van der Waals surface area contributed by atoms with Crippen LogP contribution in [0, 0.1) is 5.92 Å². The van der Waals surface area contributed by atoms with E-state index < -0.39 is 5.97 Å². The zero-order chi connectivity index (χ0) is 23.9. The van der Waals surface area contributed by atoms with Crippen LogP contribution in [0.1, 0.15) is 50.3 Å². The van der Waals surface area contributed by atoms with Crippen molar-refractivity contribution in [3.63, 3.8) is 0 Å². The van der Waals surface area contributed by atoms with Gasteiger partial charge in [-0.15, -0.1) is 10.2 Å². The fourth-order valence-electron chi connectivity index (χ4n) is 3.83. The maximum Gasteiger partial charge on any atom is 0.303 e. The topological polar surface area (TPSA) is 122 Å². The summed E-state index contributed by atoms with van der Waals surface area (Å²) in [5.41, 5.74) is 4.14. The Kier molecular flexibility index (Phi) is 7.41. The van der Waals surface area contributed by atoms with Crippen LogP contribution in [-0.2, 0) is 24.2 Å². The van der Waals surface area contributed by atoms with Crippen molar-refractivity contribution in [1.82, 2.24) is 35.4 Å². The molecule has 0 aliphatic rings. The summed E-state index contributed by atoms with van der Waals surface area (Å²) in [5, 5.41) is 28.0. The van der Waals surface area contributed by atoms with Crippen LogP contribution in [0.3, 0.4) is 0 Å². The summed E-state index contributed by atoms with van der Waals surface area (Å²) in [6.45, 7) is 5.01. The van der Waals surface area contributed by atoms with Gasteiger partial charge in [-0.05, 0) is 40.7 Å². The van der Waals surface area contributed by atoms with Crippen molar-refractivity contribution in [2.75, 3.05) is 0 Å². The normalized spacial score (nSPS) is 11.3. The number of hydrogen-bond donors (Lipinski definition) is 2. The molecule has 4 rings (SSSR count). The molecule has 176 valence electrons. The first-order valence-corrected chi connectivity index (χ1v) is 11.6. The zero-order valence-electron chi connectivity index (χ0n) is 19.5. The predicted molar refractivity (Wildman–Crippen MR) is 128 cm³/mol. The van der Waals surface area contributed by atoms with Crippen LogP contribution >= 0.6 is 0 Å². The summed E-state index contributed by atoms with van der Waals surface area (Å²) in [4.78, 5) is 15.6. The second-order valence-electron chi connectivity index (χ2n) is 8.76. The van der Waals surface area contributed by atoms with E-state index in [0.717, 1.165) is 40.9 Å². The highest BCUT2D eigenvalue weighted by Gasteiger charge is 2.13. The number of tetrazole rings is 1. The van der Waals surface area contributed by atoms with Crippen molar-refractivity contribution in [2.45, 2.75) is 52.5 Å². The van der Waals surface area contributed by atoms with Gasteiger partial charge in [0.2, 0.25) is 5.82 Å². The molecule has 0 unspecified atom stereocenters. The van der Waals surface area contributed by atoms with E-state index in [9.17, 15) is 4.79 Å². The lowest BCUT2D eigenvalue weighted by atomic mass is 9.98. The molecule has 0 fully saturated rings. The molecule has 0 aliphatic heterocycles.